The van der Waals surface area contributed by atoms with Crippen molar-refractivity contribution in [2.75, 3.05) is 6.61 Å². The Morgan fingerprint density at radius 2 is 1.63 bits per heavy atom. The van der Waals surface area contributed by atoms with Crippen molar-refractivity contribution < 1.29 is 4.74 Å². The van der Waals surface area contributed by atoms with E-state index in [-0.39, 0.29) is 6.10 Å². The van der Waals surface area contributed by atoms with Crippen molar-refractivity contribution in [3.63, 3.8) is 0 Å². The van der Waals surface area contributed by atoms with Crippen LogP contribution in [0.2, 0.25) is 0 Å². The molecule has 2 aromatic carbocycles. The molecule has 1 unspecified atom stereocenters. The van der Waals surface area contributed by atoms with Crippen LogP contribution in [0.5, 0.6) is 0 Å². The van der Waals surface area contributed by atoms with Gasteiger partial charge in [0.05, 0.1) is 0 Å². The SMILES string of the molecule is C(#CC1CCCO1)c1ccc(-c2ccccc2)cc1. The fourth-order valence-corrected chi connectivity index (χ4v) is 2.23. The second-order valence-corrected chi connectivity index (χ2v) is 4.71. The van der Waals surface area contributed by atoms with E-state index >= 15 is 0 Å². The number of hydrogen-bond donors (Lipinski definition) is 0. The summed E-state index contributed by atoms with van der Waals surface area (Å²) in [6.45, 7) is 0.853. The molecule has 0 radical (unpaired) electrons. The largest absolute Gasteiger partial charge is 0.366 e. The lowest BCUT2D eigenvalue weighted by Gasteiger charge is -2.01. The summed E-state index contributed by atoms with van der Waals surface area (Å²) in [6, 6.07) is 18.8. The molecule has 1 heterocycles. The topological polar surface area (TPSA) is 9.23 Å². The third-order valence-electron chi connectivity index (χ3n) is 3.30. The van der Waals surface area contributed by atoms with E-state index in [1.54, 1.807) is 0 Å². The molecule has 0 saturated carbocycles. The minimum absolute atomic E-state index is 0.133. The molecule has 0 N–H and O–H groups in total. The molecule has 1 atom stereocenters. The van der Waals surface area contributed by atoms with E-state index in [1.165, 1.54) is 11.1 Å². The van der Waals surface area contributed by atoms with Crippen LogP contribution in [0, 0.1) is 11.8 Å². The maximum Gasteiger partial charge on any atom is 0.118 e. The number of rotatable bonds is 1. The van der Waals surface area contributed by atoms with Crippen LogP contribution in [0.25, 0.3) is 11.1 Å². The maximum absolute atomic E-state index is 5.49. The minimum Gasteiger partial charge on any atom is -0.366 e. The molecule has 1 fully saturated rings. The van der Waals surface area contributed by atoms with Crippen molar-refractivity contribution in [2.45, 2.75) is 18.9 Å². The zero-order chi connectivity index (χ0) is 12.9. The van der Waals surface area contributed by atoms with E-state index < -0.39 is 0 Å². The second kappa shape index (κ2) is 5.73. The van der Waals surface area contributed by atoms with Crippen molar-refractivity contribution in [3.8, 4) is 23.0 Å². The summed E-state index contributed by atoms with van der Waals surface area (Å²) in [7, 11) is 0. The van der Waals surface area contributed by atoms with Gasteiger partial charge >= 0.3 is 0 Å². The third-order valence-corrected chi connectivity index (χ3v) is 3.30. The molecular formula is C18H16O. The summed E-state index contributed by atoms with van der Waals surface area (Å²) < 4.78 is 5.49. The van der Waals surface area contributed by atoms with Crippen molar-refractivity contribution in [1.82, 2.24) is 0 Å². The number of hydrogen-bond acceptors (Lipinski definition) is 1. The van der Waals surface area contributed by atoms with Crippen LogP contribution in [-0.4, -0.2) is 12.7 Å². The van der Waals surface area contributed by atoms with Gasteiger partial charge in [0.1, 0.15) is 6.10 Å². The molecule has 1 aliphatic heterocycles. The molecule has 19 heavy (non-hydrogen) atoms. The van der Waals surface area contributed by atoms with Gasteiger partial charge in [0.2, 0.25) is 0 Å². The van der Waals surface area contributed by atoms with Crippen LogP contribution in [0.4, 0.5) is 0 Å². The summed E-state index contributed by atoms with van der Waals surface area (Å²) in [5.74, 6) is 6.38. The van der Waals surface area contributed by atoms with E-state index in [0.29, 0.717) is 0 Å². The predicted molar refractivity (Wildman–Crippen MR) is 77.7 cm³/mol. The Bertz CT molecular complexity index is 581. The van der Waals surface area contributed by atoms with Gasteiger partial charge < -0.3 is 4.74 Å². The van der Waals surface area contributed by atoms with Gasteiger partial charge in [0, 0.05) is 12.2 Å². The summed E-state index contributed by atoms with van der Waals surface area (Å²) in [5, 5.41) is 0. The van der Waals surface area contributed by atoms with Crippen molar-refractivity contribution >= 4 is 0 Å². The highest BCUT2D eigenvalue weighted by atomic mass is 16.5. The average molecular weight is 248 g/mol. The third kappa shape index (κ3) is 3.05. The van der Waals surface area contributed by atoms with Gasteiger partial charge in [-0.05, 0) is 36.1 Å². The van der Waals surface area contributed by atoms with Crippen LogP contribution < -0.4 is 0 Å². The average Bonchev–Trinajstić information content (AvgIpc) is 3.00. The van der Waals surface area contributed by atoms with Crippen molar-refractivity contribution in [3.05, 3.63) is 60.2 Å². The summed E-state index contributed by atoms with van der Waals surface area (Å²) in [6.07, 6.45) is 2.33. The van der Waals surface area contributed by atoms with Crippen molar-refractivity contribution in [2.24, 2.45) is 0 Å². The van der Waals surface area contributed by atoms with Gasteiger partial charge in [0.25, 0.3) is 0 Å². The van der Waals surface area contributed by atoms with Crippen LogP contribution in [0.1, 0.15) is 18.4 Å². The lowest BCUT2D eigenvalue weighted by Crippen LogP contribution is -1.99. The Morgan fingerprint density at radius 1 is 0.895 bits per heavy atom. The first-order chi connectivity index (χ1) is 9.42. The maximum atomic E-state index is 5.49. The molecule has 3 rings (SSSR count). The number of benzene rings is 2. The van der Waals surface area contributed by atoms with Gasteiger partial charge in [0.15, 0.2) is 0 Å². The molecular weight excluding hydrogens is 232 g/mol. The Hall–Kier alpha value is -2.04. The second-order valence-electron chi connectivity index (χ2n) is 4.71. The molecule has 0 aromatic heterocycles. The summed E-state index contributed by atoms with van der Waals surface area (Å²) >= 11 is 0. The van der Waals surface area contributed by atoms with Crippen LogP contribution >= 0.6 is 0 Å². The Labute approximate surface area is 114 Å². The Balaban J connectivity index is 1.75. The highest BCUT2D eigenvalue weighted by Gasteiger charge is 2.11. The molecule has 0 bridgehead atoms. The monoisotopic (exact) mass is 248 g/mol. The van der Waals surface area contributed by atoms with E-state index in [4.69, 9.17) is 4.74 Å². The standard InChI is InChI=1S/C18H16O/c1-2-5-16(6-3-1)17-11-8-15(9-12-17)10-13-18-7-4-14-19-18/h1-3,5-6,8-9,11-12,18H,4,7,14H2. The molecule has 1 heteroatoms. The first kappa shape index (κ1) is 12.0. The van der Waals surface area contributed by atoms with E-state index in [9.17, 15) is 0 Å². The fraction of sp³-hybridized carbons (Fsp3) is 0.222. The van der Waals surface area contributed by atoms with Crippen LogP contribution in [-0.2, 0) is 4.74 Å². The smallest absolute Gasteiger partial charge is 0.118 e. The van der Waals surface area contributed by atoms with Crippen LogP contribution in [0.15, 0.2) is 54.6 Å². The van der Waals surface area contributed by atoms with Gasteiger partial charge in [-0.25, -0.2) is 0 Å². The summed E-state index contributed by atoms with van der Waals surface area (Å²) in [4.78, 5) is 0. The highest BCUT2D eigenvalue weighted by Crippen LogP contribution is 2.19. The first-order valence-electron chi connectivity index (χ1n) is 6.70. The molecule has 2 aromatic rings. The Morgan fingerprint density at radius 3 is 2.32 bits per heavy atom. The van der Waals surface area contributed by atoms with Gasteiger partial charge in [-0.2, -0.15) is 0 Å². The fourth-order valence-electron chi connectivity index (χ4n) is 2.23. The molecule has 0 amide bonds. The first-order valence-corrected chi connectivity index (χ1v) is 6.70. The molecule has 0 spiro atoms. The van der Waals surface area contributed by atoms with E-state index in [2.05, 4.69) is 60.4 Å². The molecule has 1 saturated heterocycles. The highest BCUT2D eigenvalue weighted by molar-refractivity contribution is 5.64. The van der Waals surface area contributed by atoms with Gasteiger partial charge in [-0.3, -0.25) is 0 Å². The Kier molecular flexibility index (Phi) is 3.63. The molecule has 0 aliphatic carbocycles. The molecule has 94 valence electrons. The zero-order valence-corrected chi connectivity index (χ0v) is 10.8. The van der Waals surface area contributed by atoms with Gasteiger partial charge in [-0.15, -0.1) is 0 Å². The normalized spacial score (nSPS) is 17.8. The number of ether oxygens (including phenoxy) is 1. The van der Waals surface area contributed by atoms with Crippen molar-refractivity contribution in [1.29, 1.82) is 0 Å². The van der Waals surface area contributed by atoms with Crippen LogP contribution in [0.3, 0.4) is 0 Å². The quantitative estimate of drug-likeness (QED) is 0.696. The van der Waals surface area contributed by atoms with Gasteiger partial charge in [-0.1, -0.05) is 54.3 Å². The predicted octanol–water partition coefficient (Wildman–Crippen LogP) is 3.88. The lowest BCUT2D eigenvalue weighted by molar-refractivity contribution is 0.152. The molecule has 1 nitrogen and oxygen atoms in total. The van der Waals surface area contributed by atoms with E-state index in [1.807, 2.05) is 6.07 Å². The lowest BCUT2D eigenvalue weighted by atomic mass is 10.0. The zero-order valence-electron chi connectivity index (χ0n) is 10.8. The van der Waals surface area contributed by atoms with E-state index in [0.717, 1.165) is 25.0 Å². The minimum atomic E-state index is 0.133. The molecule has 1 aliphatic rings. The summed E-state index contributed by atoms with van der Waals surface area (Å²) in [5.41, 5.74) is 3.51.